The first-order valence-electron chi connectivity index (χ1n) is 4.45. The molecule has 1 rings (SSSR count). The molecule has 1 aromatic rings. The van der Waals surface area contributed by atoms with Crippen molar-refractivity contribution >= 4 is 0 Å². The third-order valence-electron chi connectivity index (χ3n) is 2.16. The van der Waals surface area contributed by atoms with Gasteiger partial charge in [0.15, 0.2) is 0 Å². The topological polar surface area (TPSA) is 44.0 Å². The summed E-state index contributed by atoms with van der Waals surface area (Å²) in [5.74, 6) is -0.459. The molecular formula is C11H12FNO. The maximum Gasteiger partial charge on any atom is 0.123 e. The van der Waals surface area contributed by atoms with Gasteiger partial charge in [-0.3, -0.25) is 0 Å². The molecule has 2 unspecified atom stereocenters. The highest BCUT2D eigenvalue weighted by Gasteiger charge is 2.15. The van der Waals surface area contributed by atoms with Gasteiger partial charge >= 0.3 is 0 Å². The summed E-state index contributed by atoms with van der Waals surface area (Å²) in [7, 11) is 0. The van der Waals surface area contributed by atoms with E-state index in [1.54, 1.807) is 6.92 Å². The number of hydrogen-bond donors (Lipinski definition) is 1. The Labute approximate surface area is 82.6 Å². The van der Waals surface area contributed by atoms with Gasteiger partial charge < -0.3 is 5.11 Å². The van der Waals surface area contributed by atoms with Crippen LogP contribution in [0.25, 0.3) is 0 Å². The Morgan fingerprint density at radius 3 is 2.50 bits per heavy atom. The fourth-order valence-electron chi connectivity index (χ4n) is 1.24. The van der Waals surface area contributed by atoms with Gasteiger partial charge in [0, 0.05) is 6.42 Å². The van der Waals surface area contributed by atoms with Crippen molar-refractivity contribution in [2.24, 2.45) is 5.92 Å². The SMILES string of the molecule is CC(CC#N)C(O)c1ccc(F)cc1. The predicted octanol–water partition coefficient (Wildman–Crippen LogP) is 2.41. The number of hydrogen-bond acceptors (Lipinski definition) is 2. The molecule has 0 bridgehead atoms. The van der Waals surface area contributed by atoms with Crippen molar-refractivity contribution in [2.45, 2.75) is 19.4 Å². The second-order valence-corrected chi connectivity index (χ2v) is 3.34. The molecular weight excluding hydrogens is 181 g/mol. The molecule has 74 valence electrons. The average Bonchev–Trinajstić information content (AvgIpc) is 2.18. The van der Waals surface area contributed by atoms with Crippen molar-refractivity contribution < 1.29 is 9.50 Å². The zero-order valence-electron chi connectivity index (χ0n) is 7.94. The van der Waals surface area contributed by atoms with Crippen molar-refractivity contribution in [3.05, 3.63) is 35.6 Å². The van der Waals surface area contributed by atoms with E-state index in [0.717, 1.165) is 0 Å². The Hall–Kier alpha value is -1.40. The lowest BCUT2D eigenvalue weighted by Crippen LogP contribution is -2.08. The van der Waals surface area contributed by atoms with Crippen LogP contribution in [-0.4, -0.2) is 5.11 Å². The van der Waals surface area contributed by atoms with Crippen molar-refractivity contribution in [1.29, 1.82) is 5.26 Å². The lowest BCUT2D eigenvalue weighted by molar-refractivity contribution is 0.120. The minimum atomic E-state index is -0.699. The molecule has 1 N–H and O–H groups in total. The Balaban J connectivity index is 2.74. The molecule has 14 heavy (non-hydrogen) atoms. The van der Waals surface area contributed by atoms with Crippen LogP contribution in [0.5, 0.6) is 0 Å². The summed E-state index contributed by atoms with van der Waals surface area (Å²) in [6, 6.07) is 7.67. The van der Waals surface area contributed by atoms with E-state index in [2.05, 4.69) is 0 Å². The van der Waals surface area contributed by atoms with Gasteiger partial charge in [-0.1, -0.05) is 19.1 Å². The lowest BCUT2D eigenvalue weighted by atomic mass is 9.95. The molecule has 0 fully saturated rings. The predicted molar refractivity (Wildman–Crippen MR) is 50.8 cm³/mol. The summed E-state index contributed by atoms with van der Waals surface area (Å²) in [5.41, 5.74) is 0.647. The Kier molecular flexibility index (Phi) is 3.61. The standard InChI is InChI=1S/C11H12FNO/c1-8(6-7-13)11(14)9-2-4-10(12)5-3-9/h2-5,8,11,14H,6H2,1H3. The Morgan fingerprint density at radius 1 is 1.43 bits per heavy atom. The van der Waals surface area contributed by atoms with E-state index < -0.39 is 6.10 Å². The second kappa shape index (κ2) is 4.73. The van der Waals surface area contributed by atoms with E-state index in [0.29, 0.717) is 12.0 Å². The molecule has 0 aliphatic carbocycles. The summed E-state index contributed by atoms with van der Waals surface area (Å²) >= 11 is 0. The lowest BCUT2D eigenvalue weighted by Gasteiger charge is -2.16. The molecule has 2 nitrogen and oxygen atoms in total. The zero-order chi connectivity index (χ0) is 10.6. The van der Waals surface area contributed by atoms with Crippen LogP contribution in [0.1, 0.15) is 25.0 Å². The van der Waals surface area contributed by atoms with Gasteiger partial charge in [-0.2, -0.15) is 5.26 Å². The van der Waals surface area contributed by atoms with Gasteiger partial charge in [0.25, 0.3) is 0 Å². The summed E-state index contributed by atoms with van der Waals surface area (Å²) in [6.07, 6.45) is -0.409. The summed E-state index contributed by atoms with van der Waals surface area (Å²) in [4.78, 5) is 0. The van der Waals surface area contributed by atoms with Gasteiger partial charge in [0.2, 0.25) is 0 Å². The number of benzene rings is 1. The van der Waals surface area contributed by atoms with E-state index in [1.165, 1.54) is 24.3 Å². The van der Waals surface area contributed by atoms with Crippen LogP contribution in [0.4, 0.5) is 4.39 Å². The molecule has 2 atom stereocenters. The highest BCUT2D eigenvalue weighted by molar-refractivity contribution is 5.19. The third-order valence-corrected chi connectivity index (χ3v) is 2.16. The maximum atomic E-state index is 12.6. The summed E-state index contributed by atoms with van der Waals surface area (Å²) < 4.78 is 12.6. The molecule has 0 aromatic heterocycles. The molecule has 0 spiro atoms. The Morgan fingerprint density at radius 2 is 2.00 bits per heavy atom. The van der Waals surface area contributed by atoms with Crippen LogP contribution in [0.3, 0.4) is 0 Å². The first-order chi connectivity index (χ1) is 6.65. The molecule has 0 heterocycles. The van der Waals surface area contributed by atoms with Crippen molar-refractivity contribution in [1.82, 2.24) is 0 Å². The fraction of sp³-hybridized carbons (Fsp3) is 0.364. The van der Waals surface area contributed by atoms with Crippen LogP contribution in [0.15, 0.2) is 24.3 Å². The largest absolute Gasteiger partial charge is 0.388 e. The van der Waals surface area contributed by atoms with Crippen LogP contribution in [-0.2, 0) is 0 Å². The number of nitrogens with zero attached hydrogens (tertiary/aromatic N) is 1. The van der Waals surface area contributed by atoms with E-state index in [1.807, 2.05) is 6.07 Å². The van der Waals surface area contributed by atoms with Crippen molar-refractivity contribution in [3.8, 4) is 6.07 Å². The highest BCUT2D eigenvalue weighted by Crippen LogP contribution is 2.23. The van der Waals surface area contributed by atoms with Crippen LogP contribution >= 0.6 is 0 Å². The van der Waals surface area contributed by atoms with E-state index in [9.17, 15) is 9.50 Å². The average molecular weight is 193 g/mol. The van der Waals surface area contributed by atoms with Crippen LogP contribution in [0.2, 0.25) is 0 Å². The molecule has 1 aromatic carbocycles. The molecule has 3 heteroatoms. The van der Waals surface area contributed by atoms with E-state index in [-0.39, 0.29) is 11.7 Å². The summed E-state index contributed by atoms with van der Waals surface area (Å²) in [5, 5.41) is 18.2. The number of halogens is 1. The maximum absolute atomic E-state index is 12.6. The van der Waals surface area contributed by atoms with Gasteiger partial charge in [-0.15, -0.1) is 0 Å². The number of aliphatic hydroxyl groups is 1. The molecule has 0 amide bonds. The van der Waals surface area contributed by atoms with Gasteiger partial charge in [-0.05, 0) is 23.6 Å². The third kappa shape index (κ3) is 2.54. The number of aliphatic hydroxyl groups excluding tert-OH is 1. The van der Waals surface area contributed by atoms with Crippen LogP contribution in [0, 0.1) is 23.1 Å². The van der Waals surface area contributed by atoms with Crippen molar-refractivity contribution in [3.63, 3.8) is 0 Å². The zero-order valence-corrected chi connectivity index (χ0v) is 7.94. The van der Waals surface area contributed by atoms with Gasteiger partial charge in [0.1, 0.15) is 5.82 Å². The first-order valence-corrected chi connectivity index (χ1v) is 4.45. The van der Waals surface area contributed by atoms with Gasteiger partial charge in [0.05, 0.1) is 12.2 Å². The van der Waals surface area contributed by atoms with Crippen molar-refractivity contribution in [2.75, 3.05) is 0 Å². The number of nitriles is 1. The summed E-state index contributed by atoms with van der Waals surface area (Å²) in [6.45, 7) is 1.79. The quantitative estimate of drug-likeness (QED) is 0.801. The Bertz CT molecular complexity index is 328. The van der Waals surface area contributed by atoms with Crippen LogP contribution < -0.4 is 0 Å². The molecule has 0 saturated heterocycles. The number of rotatable bonds is 3. The highest BCUT2D eigenvalue weighted by atomic mass is 19.1. The first kappa shape index (κ1) is 10.7. The molecule has 0 saturated carbocycles. The monoisotopic (exact) mass is 193 g/mol. The smallest absolute Gasteiger partial charge is 0.123 e. The normalized spacial score (nSPS) is 14.4. The minimum Gasteiger partial charge on any atom is -0.388 e. The molecule has 0 aliphatic rings. The van der Waals surface area contributed by atoms with Gasteiger partial charge in [-0.25, -0.2) is 4.39 Å². The molecule has 0 aliphatic heterocycles. The second-order valence-electron chi connectivity index (χ2n) is 3.34. The van der Waals surface area contributed by atoms with E-state index in [4.69, 9.17) is 5.26 Å². The van der Waals surface area contributed by atoms with E-state index >= 15 is 0 Å². The minimum absolute atomic E-state index is 0.134. The fourth-order valence-corrected chi connectivity index (χ4v) is 1.24. The molecule has 0 radical (unpaired) electrons.